The first-order valence-corrected chi connectivity index (χ1v) is 4.31. The number of phenolic OH excluding ortho intramolecular Hbond substituents is 1. The van der Waals surface area contributed by atoms with Gasteiger partial charge in [-0.25, -0.2) is 0 Å². The van der Waals surface area contributed by atoms with Crippen molar-refractivity contribution in [3.8, 4) is 5.75 Å². The van der Waals surface area contributed by atoms with E-state index in [2.05, 4.69) is 5.32 Å². The van der Waals surface area contributed by atoms with E-state index in [1.807, 2.05) is 25.1 Å². The van der Waals surface area contributed by atoms with E-state index in [1.165, 1.54) is 0 Å². The van der Waals surface area contributed by atoms with Crippen LogP contribution in [-0.4, -0.2) is 11.7 Å². The molecule has 1 aliphatic rings. The van der Waals surface area contributed by atoms with Crippen LogP contribution in [0.2, 0.25) is 0 Å². The Morgan fingerprint density at radius 1 is 1.50 bits per heavy atom. The zero-order chi connectivity index (χ0) is 8.55. The first-order valence-electron chi connectivity index (χ1n) is 4.31. The summed E-state index contributed by atoms with van der Waals surface area (Å²) >= 11 is 0. The van der Waals surface area contributed by atoms with E-state index < -0.39 is 0 Å². The molecule has 12 heavy (non-hydrogen) atoms. The molecule has 2 heteroatoms. The van der Waals surface area contributed by atoms with E-state index in [4.69, 9.17) is 0 Å². The lowest BCUT2D eigenvalue weighted by Gasteiger charge is -2.28. The van der Waals surface area contributed by atoms with E-state index in [9.17, 15) is 5.11 Å². The van der Waals surface area contributed by atoms with E-state index >= 15 is 0 Å². The Hall–Kier alpha value is -1.02. The molecule has 2 N–H and O–H groups in total. The predicted octanol–water partition coefficient (Wildman–Crippen LogP) is 1.74. The lowest BCUT2D eigenvalue weighted by Crippen LogP contribution is -2.34. The molecule has 0 aliphatic carbocycles. The second-order valence-corrected chi connectivity index (χ2v) is 3.31. The Morgan fingerprint density at radius 2 is 2.25 bits per heavy atom. The molecule has 1 aromatic rings. The monoisotopic (exact) mass is 163 g/mol. The summed E-state index contributed by atoms with van der Waals surface area (Å²) in [6.07, 6.45) is 1.14. The van der Waals surface area contributed by atoms with Crippen molar-refractivity contribution in [3.63, 3.8) is 0 Å². The van der Waals surface area contributed by atoms with Crippen LogP contribution in [0.15, 0.2) is 18.2 Å². The number of hydrogen-bond donors (Lipinski definition) is 2. The van der Waals surface area contributed by atoms with Gasteiger partial charge in [-0.2, -0.15) is 0 Å². The van der Waals surface area contributed by atoms with Crippen LogP contribution in [0, 0.1) is 6.92 Å². The van der Waals surface area contributed by atoms with Crippen LogP contribution in [0.25, 0.3) is 0 Å². The van der Waals surface area contributed by atoms with Crippen LogP contribution < -0.4 is 5.32 Å². The number of hydrogen-bond acceptors (Lipinski definition) is 2. The minimum atomic E-state index is 0.380. The molecule has 0 bridgehead atoms. The number of aromatic hydroxyl groups is 1. The van der Waals surface area contributed by atoms with Gasteiger partial charge in [-0.3, -0.25) is 0 Å². The largest absolute Gasteiger partial charge is 0.507 e. The number of benzene rings is 1. The van der Waals surface area contributed by atoms with Crippen molar-refractivity contribution < 1.29 is 5.11 Å². The summed E-state index contributed by atoms with van der Waals surface area (Å²) in [6, 6.07) is 6.28. The maximum Gasteiger partial charge on any atom is 0.123 e. The average molecular weight is 163 g/mol. The average Bonchev–Trinajstić information content (AvgIpc) is 1.95. The third-order valence-corrected chi connectivity index (χ3v) is 2.47. The summed E-state index contributed by atoms with van der Waals surface area (Å²) in [7, 11) is 0. The first kappa shape index (κ1) is 7.62. The van der Waals surface area contributed by atoms with Crippen molar-refractivity contribution in [2.24, 2.45) is 0 Å². The Labute approximate surface area is 72.2 Å². The molecule has 1 heterocycles. The fraction of sp³-hybridized carbons (Fsp3) is 0.400. The number of phenols is 1. The van der Waals surface area contributed by atoms with Crippen LogP contribution in [-0.2, 0) is 0 Å². The van der Waals surface area contributed by atoms with Gasteiger partial charge >= 0.3 is 0 Å². The Morgan fingerprint density at radius 3 is 2.83 bits per heavy atom. The van der Waals surface area contributed by atoms with E-state index in [-0.39, 0.29) is 0 Å². The van der Waals surface area contributed by atoms with E-state index in [0.717, 1.165) is 24.1 Å². The fourth-order valence-corrected chi connectivity index (χ4v) is 1.52. The highest BCUT2D eigenvalue weighted by Crippen LogP contribution is 2.31. The minimum Gasteiger partial charge on any atom is -0.507 e. The quantitative estimate of drug-likeness (QED) is 0.661. The second kappa shape index (κ2) is 2.79. The van der Waals surface area contributed by atoms with Crippen molar-refractivity contribution in [2.75, 3.05) is 6.54 Å². The lowest BCUT2D eigenvalue weighted by atomic mass is 9.95. The third kappa shape index (κ3) is 1.08. The van der Waals surface area contributed by atoms with Crippen molar-refractivity contribution in [3.05, 3.63) is 29.3 Å². The number of para-hydroxylation sites is 1. The van der Waals surface area contributed by atoms with Gasteiger partial charge in [0.05, 0.1) is 0 Å². The van der Waals surface area contributed by atoms with Gasteiger partial charge in [0.2, 0.25) is 0 Å². The molecular weight excluding hydrogens is 150 g/mol. The molecule has 1 aliphatic heterocycles. The highest BCUT2D eigenvalue weighted by atomic mass is 16.3. The van der Waals surface area contributed by atoms with Gasteiger partial charge in [-0.1, -0.05) is 18.2 Å². The smallest absolute Gasteiger partial charge is 0.123 e. The molecule has 0 amide bonds. The molecule has 2 rings (SSSR count). The number of aryl methyl sites for hydroxylation is 1. The highest BCUT2D eigenvalue weighted by molar-refractivity contribution is 5.41. The molecule has 2 nitrogen and oxygen atoms in total. The van der Waals surface area contributed by atoms with Crippen molar-refractivity contribution >= 4 is 0 Å². The molecule has 64 valence electrons. The first-order chi connectivity index (χ1) is 5.79. The minimum absolute atomic E-state index is 0.380. The van der Waals surface area contributed by atoms with Gasteiger partial charge in [0.1, 0.15) is 5.75 Å². The van der Waals surface area contributed by atoms with Gasteiger partial charge in [0, 0.05) is 11.6 Å². The van der Waals surface area contributed by atoms with Crippen LogP contribution in [0.1, 0.15) is 23.6 Å². The molecule has 1 fully saturated rings. The zero-order valence-corrected chi connectivity index (χ0v) is 7.17. The van der Waals surface area contributed by atoms with Crippen molar-refractivity contribution in [1.29, 1.82) is 0 Å². The summed E-state index contributed by atoms with van der Waals surface area (Å²) in [6.45, 7) is 3.00. The normalized spacial score (nSPS) is 21.9. The van der Waals surface area contributed by atoms with Gasteiger partial charge in [0.15, 0.2) is 0 Å². The molecule has 0 spiro atoms. The molecule has 0 radical (unpaired) electrons. The van der Waals surface area contributed by atoms with Crippen LogP contribution in [0.5, 0.6) is 5.75 Å². The summed E-state index contributed by atoms with van der Waals surface area (Å²) in [5.74, 6) is 0.453. The standard InChI is InChI=1S/C10H13NO/c1-7-3-2-4-8(10(7)12)9-5-6-11-9/h2-4,9,11-12H,5-6H2,1H3/t9-/m0/s1. The third-order valence-electron chi connectivity index (χ3n) is 2.47. The maximum absolute atomic E-state index is 9.69. The number of nitrogens with one attached hydrogen (secondary N) is 1. The SMILES string of the molecule is Cc1cccc([C@@H]2CCN2)c1O. The summed E-state index contributed by atoms with van der Waals surface area (Å²) in [4.78, 5) is 0. The molecule has 0 aromatic heterocycles. The zero-order valence-electron chi connectivity index (χ0n) is 7.17. The fourth-order valence-electron chi connectivity index (χ4n) is 1.52. The summed E-state index contributed by atoms with van der Waals surface area (Å²) in [5, 5.41) is 13.0. The Kier molecular flexibility index (Phi) is 1.77. The molecule has 1 saturated heterocycles. The molecule has 0 unspecified atom stereocenters. The number of rotatable bonds is 1. The topological polar surface area (TPSA) is 32.3 Å². The molecule has 0 saturated carbocycles. The van der Waals surface area contributed by atoms with Crippen LogP contribution >= 0.6 is 0 Å². The van der Waals surface area contributed by atoms with Crippen LogP contribution in [0.3, 0.4) is 0 Å². The van der Waals surface area contributed by atoms with Gasteiger partial charge < -0.3 is 10.4 Å². The molecular formula is C10H13NO. The summed E-state index contributed by atoms with van der Waals surface area (Å²) < 4.78 is 0. The Balaban J connectivity index is 2.36. The summed E-state index contributed by atoms with van der Waals surface area (Å²) in [5.41, 5.74) is 2.00. The van der Waals surface area contributed by atoms with Crippen molar-refractivity contribution in [2.45, 2.75) is 19.4 Å². The maximum atomic E-state index is 9.69. The van der Waals surface area contributed by atoms with Gasteiger partial charge in [0.25, 0.3) is 0 Å². The molecule has 1 atom stereocenters. The van der Waals surface area contributed by atoms with Crippen molar-refractivity contribution in [1.82, 2.24) is 5.32 Å². The Bertz CT molecular complexity index is 292. The predicted molar refractivity (Wildman–Crippen MR) is 48.2 cm³/mol. The second-order valence-electron chi connectivity index (χ2n) is 3.31. The van der Waals surface area contributed by atoms with E-state index in [1.54, 1.807) is 0 Å². The molecule has 1 aromatic carbocycles. The van der Waals surface area contributed by atoms with E-state index in [0.29, 0.717) is 11.8 Å². The highest BCUT2D eigenvalue weighted by Gasteiger charge is 2.21. The van der Waals surface area contributed by atoms with Gasteiger partial charge in [-0.05, 0) is 25.5 Å². The van der Waals surface area contributed by atoms with Gasteiger partial charge in [-0.15, -0.1) is 0 Å². The van der Waals surface area contributed by atoms with Crippen LogP contribution in [0.4, 0.5) is 0 Å². The lowest BCUT2D eigenvalue weighted by molar-refractivity contribution is 0.363.